The topological polar surface area (TPSA) is 80.0 Å². The number of nitrogens with two attached hydrogens (primary N) is 1. The molecule has 1 rings (SSSR count). The van der Waals surface area contributed by atoms with Crippen LogP contribution in [0.25, 0.3) is 0 Å². The van der Waals surface area contributed by atoms with Gasteiger partial charge in [-0.15, -0.1) is 0 Å². The van der Waals surface area contributed by atoms with Crippen LogP contribution in [-0.2, 0) is 4.79 Å². The highest BCUT2D eigenvalue weighted by Crippen LogP contribution is 2.13. The molecule has 104 valence electrons. The first-order valence-electron chi connectivity index (χ1n) is 6.04. The van der Waals surface area contributed by atoms with Crippen LogP contribution in [0.2, 0.25) is 0 Å². The number of nitrogens with zero attached hydrogens (tertiary/aromatic N) is 1. The van der Waals surface area contributed by atoms with E-state index in [1.54, 1.807) is 25.3 Å². The SMILES string of the molecule is CC(Nc1cccnc1C(N)=S)C(=O)NC(C)(C)C. The zero-order valence-electron chi connectivity index (χ0n) is 11.7. The van der Waals surface area contributed by atoms with Gasteiger partial charge in [0.25, 0.3) is 0 Å². The largest absolute Gasteiger partial charge is 0.388 e. The Labute approximate surface area is 119 Å². The maximum atomic E-state index is 12.0. The molecule has 1 atom stereocenters. The molecule has 0 saturated carbocycles. The number of hydrogen-bond donors (Lipinski definition) is 3. The average Bonchev–Trinajstić information content (AvgIpc) is 2.27. The molecule has 1 aromatic heterocycles. The fourth-order valence-electron chi connectivity index (χ4n) is 1.49. The van der Waals surface area contributed by atoms with E-state index in [-0.39, 0.29) is 16.4 Å². The maximum Gasteiger partial charge on any atom is 0.242 e. The Morgan fingerprint density at radius 3 is 2.63 bits per heavy atom. The molecule has 0 saturated heterocycles. The van der Waals surface area contributed by atoms with Gasteiger partial charge in [0, 0.05) is 11.7 Å². The Kier molecular flexibility index (Phi) is 4.83. The van der Waals surface area contributed by atoms with E-state index in [9.17, 15) is 4.79 Å². The van der Waals surface area contributed by atoms with Crippen molar-refractivity contribution in [2.45, 2.75) is 39.3 Å². The Morgan fingerprint density at radius 1 is 1.47 bits per heavy atom. The van der Waals surface area contributed by atoms with Crippen molar-refractivity contribution in [1.82, 2.24) is 10.3 Å². The van der Waals surface area contributed by atoms with Crippen LogP contribution in [0.1, 0.15) is 33.4 Å². The van der Waals surface area contributed by atoms with Gasteiger partial charge in [0.05, 0.1) is 5.69 Å². The van der Waals surface area contributed by atoms with Gasteiger partial charge in [-0.1, -0.05) is 12.2 Å². The van der Waals surface area contributed by atoms with Gasteiger partial charge in [0.2, 0.25) is 5.91 Å². The first kappa shape index (κ1) is 15.4. The van der Waals surface area contributed by atoms with Gasteiger partial charge in [0.15, 0.2) is 0 Å². The molecule has 0 aliphatic rings. The molecule has 4 N–H and O–H groups in total. The van der Waals surface area contributed by atoms with Gasteiger partial charge in [-0.2, -0.15) is 0 Å². The van der Waals surface area contributed by atoms with Crippen LogP contribution in [0, 0.1) is 0 Å². The number of pyridine rings is 1. The molecule has 0 radical (unpaired) electrons. The van der Waals surface area contributed by atoms with Crippen LogP contribution in [0.5, 0.6) is 0 Å². The fourth-order valence-corrected chi connectivity index (χ4v) is 1.66. The molecule has 5 nitrogen and oxygen atoms in total. The summed E-state index contributed by atoms with van der Waals surface area (Å²) in [4.78, 5) is 16.3. The number of carbonyl (C=O) groups is 1. The lowest BCUT2D eigenvalue weighted by atomic mass is 10.1. The van der Waals surface area contributed by atoms with Gasteiger partial charge < -0.3 is 16.4 Å². The normalized spacial score (nSPS) is 12.6. The Balaban J connectivity index is 2.80. The monoisotopic (exact) mass is 280 g/mol. The summed E-state index contributed by atoms with van der Waals surface area (Å²) in [5.41, 5.74) is 6.48. The van der Waals surface area contributed by atoms with Crippen LogP contribution in [0.15, 0.2) is 18.3 Å². The lowest BCUT2D eigenvalue weighted by molar-refractivity contribution is -0.122. The van der Waals surface area contributed by atoms with Crippen LogP contribution >= 0.6 is 12.2 Å². The number of amides is 1. The number of rotatable bonds is 4. The highest BCUT2D eigenvalue weighted by Gasteiger charge is 2.20. The molecule has 0 aromatic carbocycles. The molecule has 1 amide bonds. The second kappa shape index (κ2) is 5.97. The minimum absolute atomic E-state index is 0.0924. The highest BCUT2D eigenvalue weighted by atomic mass is 32.1. The number of hydrogen-bond acceptors (Lipinski definition) is 4. The minimum Gasteiger partial charge on any atom is -0.388 e. The van der Waals surface area contributed by atoms with E-state index in [4.69, 9.17) is 18.0 Å². The lowest BCUT2D eigenvalue weighted by Gasteiger charge is -2.24. The summed E-state index contributed by atoms with van der Waals surface area (Å²) < 4.78 is 0. The van der Waals surface area contributed by atoms with E-state index in [0.29, 0.717) is 11.4 Å². The molecule has 0 fully saturated rings. The Hall–Kier alpha value is -1.69. The van der Waals surface area contributed by atoms with Crippen molar-refractivity contribution in [3.8, 4) is 0 Å². The average molecular weight is 280 g/mol. The molecular formula is C13H20N4OS. The van der Waals surface area contributed by atoms with E-state index >= 15 is 0 Å². The number of nitrogens with one attached hydrogen (secondary N) is 2. The first-order chi connectivity index (χ1) is 8.70. The number of aromatic nitrogens is 1. The molecule has 0 aliphatic heterocycles. The van der Waals surface area contributed by atoms with Crippen molar-refractivity contribution < 1.29 is 4.79 Å². The van der Waals surface area contributed by atoms with Gasteiger partial charge in [-0.25, -0.2) is 0 Å². The van der Waals surface area contributed by atoms with E-state index in [0.717, 1.165) is 0 Å². The summed E-state index contributed by atoms with van der Waals surface area (Å²) in [7, 11) is 0. The lowest BCUT2D eigenvalue weighted by Crippen LogP contribution is -2.47. The van der Waals surface area contributed by atoms with Crippen LogP contribution in [-0.4, -0.2) is 27.5 Å². The van der Waals surface area contributed by atoms with Gasteiger partial charge >= 0.3 is 0 Å². The van der Waals surface area contributed by atoms with Crippen LogP contribution < -0.4 is 16.4 Å². The number of carbonyl (C=O) groups excluding carboxylic acids is 1. The van der Waals surface area contributed by atoms with Crippen molar-refractivity contribution in [3.05, 3.63) is 24.0 Å². The Morgan fingerprint density at radius 2 is 2.11 bits per heavy atom. The Bertz CT molecular complexity index is 482. The summed E-state index contributed by atoms with van der Waals surface area (Å²) in [6.45, 7) is 7.57. The highest BCUT2D eigenvalue weighted by molar-refractivity contribution is 7.80. The zero-order chi connectivity index (χ0) is 14.6. The molecule has 6 heteroatoms. The van der Waals surface area contributed by atoms with E-state index in [2.05, 4.69) is 15.6 Å². The van der Waals surface area contributed by atoms with E-state index < -0.39 is 6.04 Å². The molecule has 0 spiro atoms. The van der Waals surface area contributed by atoms with E-state index in [1.165, 1.54) is 0 Å². The van der Waals surface area contributed by atoms with Crippen molar-refractivity contribution in [3.63, 3.8) is 0 Å². The summed E-state index contributed by atoms with van der Waals surface area (Å²) in [5, 5.41) is 5.97. The third-order valence-electron chi connectivity index (χ3n) is 2.30. The van der Waals surface area contributed by atoms with Crippen molar-refractivity contribution in [2.75, 3.05) is 5.32 Å². The van der Waals surface area contributed by atoms with E-state index in [1.807, 2.05) is 20.8 Å². The third kappa shape index (κ3) is 4.82. The number of thiocarbonyl (C=S) groups is 1. The van der Waals surface area contributed by atoms with Crippen molar-refractivity contribution >= 4 is 28.8 Å². The summed E-state index contributed by atoms with van der Waals surface area (Å²) in [5.74, 6) is -0.0924. The predicted octanol–water partition coefficient (Wildman–Crippen LogP) is 1.43. The van der Waals surface area contributed by atoms with Crippen LogP contribution in [0.4, 0.5) is 5.69 Å². The maximum absolute atomic E-state index is 12.0. The molecule has 0 bridgehead atoms. The fraction of sp³-hybridized carbons (Fsp3) is 0.462. The summed E-state index contributed by atoms with van der Waals surface area (Å²) in [6.07, 6.45) is 1.61. The molecule has 0 aliphatic carbocycles. The standard InChI is InChI=1S/C13H20N4OS/c1-8(12(18)17-13(2,3)4)16-9-6-5-7-15-10(9)11(14)19/h5-8,16H,1-4H3,(H2,14,19)(H,17,18). The smallest absolute Gasteiger partial charge is 0.242 e. The quantitative estimate of drug-likeness (QED) is 0.727. The van der Waals surface area contributed by atoms with Crippen LogP contribution in [0.3, 0.4) is 0 Å². The van der Waals surface area contributed by atoms with Gasteiger partial charge in [-0.05, 0) is 39.8 Å². The molecule has 1 heterocycles. The zero-order valence-corrected chi connectivity index (χ0v) is 12.5. The minimum atomic E-state index is -0.406. The molecule has 1 aromatic rings. The van der Waals surface area contributed by atoms with Crippen molar-refractivity contribution in [2.24, 2.45) is 5.73 Å². The molecule has 19 heavy (non-hydrogen) atoms. The summed E-state index contributed by atoms with van der Waals surface area (Å²) in [6, 6.07) is 3.15. The first-order valence-corrected chi connectivity index (χ1v) is 6.45. The third-order valence-corrected chi connectivity index (χ3v) is 2.50. The molecule has 1 unspecified atom stereocenters. The van der Waals surface area contributed by atoms with Gasteiger partial charge in [0.1, 0.15) is 16.7 Å². The summed E-state index contributed by atoms with van der Waals surface area (Å²) >= 11 is 4.93. The van der Waals surface area contributed by atoms with Gasteiger partial charge in [-0.3, -0.25) is 9.78 Å². The second-order valence-corrected chi connectivity index (χ2v) is 5.81. The molecular weight excluding hydrogens is 260 g/mol. The number of anilines is 1. The second-order valence-electron chi connectivity index (χ2n) is 5.37. The van der Waals surface area contributed by atoms with Crippen molar-refractivity contribution in [1.29, 1.82) is 0 Å². The predicted molar refractivity (Wildman–Crippen MR) is 81.1 cm³/mol.